The zero-order chi connectivity index (χ0) is 14.2. The molecule has 1 unspecified atom stereocenters. The third-order valence-electron chi connectivity index (χ3n) is 4.40. The summed E-state index contributed by atoms with van der Waals surface area (Å²) in [5.41, 5.74) is 7.72. The van der Waals surface area contributed by atoms with Crippen LogP contribution in [0.4, 0.5) is 10.8 Å². The molecule has 1 aromatic carbocycles. The Morgan fingerprint density at radius 1 is 1.24 bits per heavy atom. The van der Waals surface area contributed by atoms with Gasteiger partial charge in [0.05, 0.1) is 23.4 Å². The van der Waals surface area contributed by atoms with Crippen molar-refractivity contribution in [2.24, 2.45) is 0 Å². The molecule has 1 atom stereocenters. The number of thiazole rings is 1. The molecule has 2 fully saturated rings. The van der Waals surface area contributed by atoms with Crippen LogP contribution in [-0.2, 0) is 4.74 Å². The third-order valence-corrected chi connectivity index (χ3v) is 5.48. The predicted molar refractivity (Wildman–Crippen MR) is 87.0 cm³/mol. The van der Waals surface area contributed by atoms with Gasteiger partial charge in [-0.1, -0.05) is 11.3 Å². The lowest BCUT2D eigenvalue weighted by molar-refractivity contribution is 0.0209. The van der Waals surface area contributed by atoms with Crippen molar-refractivity contribution in [3.63, 3.8) is 0 Å². The van der Waals surface area contributed by atoms with Gasteiger partial charge in [-0.3, -0.25) is 4.90 Å². The van der Waals surface area contributed by atoms with E-state index in [0.29, 0.717) is 6.04 Å². The second-order valence-electron chi connectivity index (χ2n) is 5.76. The van der Waals surface area contributed by atoms with Crippen molar-refractivity contribution in [2.45, 2.75) is 12.5 Å². The number of nitrogens with two attached hydrogens (primary N) is 1. The van der Waals surface area contributed by atoms with E-state index in [9.17, 15) is 0 Å². The molecule has 0 spiro atoms. The molecule has 0 amide bonds. The lowest BCUT2D eigenvalue weighted by atomic mass is 10.2. The molecule has 2 aliphatic heterocycles. The van der Waals surface area contributed by atoms with Gasteiger partial charge >= 0.3 is 0 Å². The maximum absolute atomic E-state index is 5.85. The number of ether oxygens (including phenoxy) is 1. The molecule has 0 saturated carbocycles. The van der Waals surface area contributed by atoms with Gasteiger partial charge < -0.3 is 15.4 Å². The zero-order valence-corrected chi connectivity index (χ0v) is 12.8. The minimum Gasteiger partial charge on any atom is -0.399 e. The van der Waals surface area contributed by atoms with Crippen LogP contribution in [0.3, 0.4) is 0 Å². The highest BCUT2D eigenvalue weighted by Crippen LogP contribution is 2.32. The van der Waals surface area contributed by atoms with Crippen molar-refractivity contribution in [3.05, 3.63) is 18.2 Å². The summed E-state index contributed by atoms with van der Waals surface area (Å²) in [5.74, 6) is 0. The number of rotatable bonds is 2. The van der Waals surface area contributed by atoms with Gasteiger partial charge in [0.1, 0.15) is 0 Å². The van der Waals surface area contributed by atoms with Crippen molar-refractivity contribution in [1.82, 2.24) is 9.88 Å². The number of hydrogen-bond acceptors (Lipinski definition) is 6. The predicted octanol–water partition coefficient (Wildman–Crippen LogP) is 1.79. The number of fused-ring (bicyclic) bond motifs is 1. The third kappa shape index (κ3) is 2.59. The molecular formula is C15H20N4OS. The Hall–Kier alpha value is -1.37. The van der Waals surface area contributed by atoms with Gasteiger partial charge in [0.15, 0.2) is 5.13 Å². The van der Waals surface area contributed by atoms with E-state index in [1.165, 1.54) is 11.1 Å². The molecule has 1 aromatic heterocycles. The molecule has 4 rings (SSSR count). The van der Waals surface area contributed by atoms with E-state index in [1.807, 2.05) is 18.2 Å². The van der Waals surface area contributed by atoms with E-state index in [1.54, 1.807) is 11.3 Å². The molecule has 0 bridgehead atoms. The highest BCUT2D eigenvalue weighted by molar-refractivity contribution is 7.22. The molecule has 6 heteroatoms. The first-order chi connectivity index (χ1) is 10.3. The number of benzene rings is 1. The Labute approximate surface area is 128 Å². The van der Waals surface area contributed by atoms with E-state index < -0.39 is 0 Å². The number of morpholine rings is 1. The molecule has 2 N–H and O–H groups in total. The van der Waals surface area contributed by atoms with Crippen molar-refractivity contribution in [1.29, 1.82) is 0 Å². The summed E-state index contributed by atoms with van der Waals surface area (Å²) in [4.78, 5) is 9.74. The molecular weight excluding hydrogens is 284 g/mol. The van der Waals surface area contributed by atoms with Crippen LogP contribution in [0.1, 0.15) is 6.42 Å². The molecule has 3 heterocycles. The average molecular weight is 304 g/mol. The minimum atomic E-state index is 0.644. The standard InChI is InChI=1S/C15H20N4OS/c16-11-1-2-13-14(9-11)21-15(17-13)19-4-3-12(10-19)18-5-7-20-8-6-18/h1-2,9,12H,3-8,10,16H2. The first kappa shape index (κ1) is 13.3. The summed E-state index contributed by atoms with van der Waals surface area (Å²) in [6.07, 6.45) is 1.22. The Morgan fingerprint density at radius 3 is 2.95 bits per heavy atom. The van der Waals surface area contributed by atoms with Crippen LogP contribution in [0.25, 0.3) is 10.2 Å². The number of hydrogen-bond donors (Lipinski definition) is 1. The van der Waals surface area contributed by atoms with Crippen LogP contribution in [0.2, 0.25) is 0 Å². The van der Waals surface area contributed by atoms with Gasteiger partial charge in [-0.05, 0) is 24.6 Å². The average Bonchev–Trinajstić information content (AvgIpc) is 3.14. The van der Waals surface area contributed by atoms with Crippen LogP contribution in [0, 0.1) is 0 Å². The van der Waals surface area contributed by atoms with Crippen LogP contribution in [-0.4, -0.2) is 55.3 Å². The highest BCUT2D eigenvalue weighted by atomic mass is 32.1. The van der Waals surface area contributed by atoms with Gasteiger partial charge in [0.2, 0.25) is 0 Å². The fourth-order valence-corrected chi connectivity index (χ4v) is 4.27. The molecule has 5 nitrogen and oxygen atoms in total. The van der Waals surface area contributed by atoms with E-state index in [-0.39, 0.29) is 0 Å². The minimum absolute atomic E-state index is 0.644. The van der Waals surface area contributed by atoms with Gasteiger partial charge in [-0.15, -0.1) is 0 Å². The summed E-state index contributed by atoms with van der Waals surface area (Å²) in [6.45, 7) is 6.05. The Bertz CT molecular complexity index is 638. The monoisotopic (exact) mass is 304 g/mol. The molecule has 0 radical (unpaired) electrons. The summed E-state index contributed by atoms with van der Waals surface area (Å²) < 4.78 is 6.62. The SMILES string of the molecule is Nc1ccc2nc(N3CCC(N4CCOCC4)C3)sc2c1. The maximum Gasteiger partial charge on any atom is 0.186 e. The van der Waals surface area contributed by atoms with E-state index in [0.717, 1.165) is 55.7 Å². The summed E-state index contributed by atoms with van der Waals surface area (Å²) in [7, 11) is 0. The fourth-order valence-electron chi connectivity index (χ4n) is 3.22. The van der Waals surface area contributed by atoms with Gasteiger partial charge in [-0.2, -0.15) is 0 Å². The lowest BCUT2D eigenvalue weighted by Gasteiger charge is -2.32. The number of aromatic nitrogens is 1. The Morgan fingerprint density at radius 2 is 2.10 bits per heavy atom. The topological polar surface area (TPSA) is 54.6 Å². The first-order valence-corrected chi connectivity index (χ1v) is 8.34. The van der Waals surface area contributed by atoms with Gasteiger partial charge in [0, 0.05) is 37.9 Å². The number of anilines is 2. The normalized spacial score (nSPS) is 24.0. The fraction of sp³-hybridized carbons (Fsp3) is 0.533. The Kier molecular flexibility index (Phi) is 3.45. The van der Waals surface area contributed by atoms with Crippen LogP contribution < -0.4 is 10.6 Å². The molecule has 2 saturated heterocycles. The van der Waals surface area contributed by atoms with Crippen LogP contribution >= 0.6 is 11.3 Å². The number of nitrogen functional groups attached to an aromatic ring is 1. The molecule has 2 aliphatic rings. The summed E-state index contributed by atoms with van der Waals surface area (Å²) in [5, 5.41) is 1.13. The second-order valence-corrected chi connectivity index (χ2v) is 6.77. The lowest BCUT2D eigenvalue weighted by Crippen LogP contribution is -2.44. The van der Waals surface area contributed by atoms with E-state index in [4.69, 9.17) is 15.5 Å². The smallest absolute Gasteiger partial charge is 0.186 e. The van der Waals surface area contributed by atoms with E-state index in [2.05, 4.69) is 9.80 Å². The zero-order valence-electron chi connectivity index (χ0n) is 12.0. The van der Waals surface area contributed by atoms with Crippen molar-refractivity contribution in [2.75, 3.05) is 50.0 Å². The van der Waals surface area contributed by atoms with Gasteiger partial charge in [0.25, 0.3) is 0 Å². The molecule has 21 heavy (non-hydrogen) atoms. The van der Waals surface area contributed by atoms with E-state index >= 15 is 0 Å². The van der Waals surface area contributed by atoms with Gasteiger partial charge in [-0.25, -0.2) is 4.98 Å². The quantitative estimate of drug-likeness (QED) is 0.857. The number of nitrogens with zero attached hydrogens (tertiary/aromatic N) is 3. The van der Waals surface area contributed by atoms with Crippen LogP contribution in [0.15, 0.2) is 18.2 Å². The maximum atomic E-state index is 5.85. The first-order valence-electron chi connectivity index (χ1n) is 7.52. The molecule has 0 aliphatic carbocycles. The second kappa shape index (κ2) is 5.44. The van der Waals surface area contributed by atoms with Crippen molar-refractivity contribution >= 4 is 32.4 Å². The molecule has 2 aromatic rings. The van der Waals surface area contributed by atoms with Crippen LogP contribution in [0.5, 0.6) is 0 Å². The molecule has 112 valence electrons. The Balaban J connectivity index is 1.50. The van der Waals surface area contributed by atoms with Crippen molar-refractivity contribution < 1.29 is 4.74 Å². The summed E-state index contributed by atoms with van der Waals surface area (Å²) >= 11 is 1.75. The van der Waals surface area contributed by atoms with Crippen molar-refractivity contribution in [3.8, 4) is 0 Å². The highest BCUT2D eigenvalue weighted by Gasteiger charge is 2.30. The largest absolute Gasteiger partial charge is 0.399 e. The summed E-state index contributed by atoms with van der Waals surface area (Å²) in [6, 6.07) is 6.60.